The number of aliphatic hydroxyl groups excluding tert-OH is 2. The topological polar surface area (TPSA) is 142 Å². The molecule has 0 amide bonds. The first-order valence-corrected chi connectivity index (χ1v) is 5.84. The molecule has 9 nitrogen and oxygen atoms in total. The quantitative estimate of drug-likeness (QED) is 0.507. The van der Waals surface area contributed by atoms with E-state index in [1.54, 1.807) is 0 Å². The molecule has 1 aliphatic heterocycles. The Morgan fingerprint density at radius 3 is 2.75 bits per heavy atom. The Balaban J connectivity index is 2.26. The Bertz CT molecular complexity index is 515. The number of carbonyl (C=O) groups excluding carboxylic acids is 1. The highest BCUT2D eigenvalue weighted by Crippen LogP contribution is 2.34. The van der Waals surface area contributed by atoms with Crippen LogP contribution >= 0.6 is 0 Å². The standard InChI is InChI=1S/C11H14N2O7/c1-4(15)19-8-7(16)6(3-14)20-9(8)10-12-2-5(13-10)11(17)18/h2,6-9,14,16H,3H2,1H3,(H,12,13)(H,17,18)/t6-,7-,8-,9-/m1/s1. The Morgan fingerprint density at radius 2 is 2.25 bits per heavy atom. The summed E-state index contributed by atoms with van der Waals surface area (Å²) in [7, 11) is 0. The van der Waals surface area contributed by atoms with Gasteiger partial charge >= 0.3 is 11.9 Å². The molecule has 20 heavy (non-hydrogen) atoms. The largest absolute Gasteiger partial charge is 0.476 e. The minimum Gasteiger partial charge on any atom is -0.476 e. The van der Waals surface area contributed by atoms with Crippen molar-refractivity contribution in [1.29, 1.82) is 0 Å². The molecule has 2 rings (SSSR count). The molecule has 0 saturated carbocycles. The number of aromatic nitrogens is 2. The summed E-state index contributed by atoms with van der Waals surface area (Å²) in [6.07, 6.45) is -3.06. The molecule has 4 N–H and O–H groups in total. The number of carboxylic acid groups (broad SMARTS) is 1. The number of aromatic carboxylic acids is 1. The fraction of sp³-hybridized carbons (Fsp3) is 0.545. The van der Waals surface area contributed by atoms with Crippen LogP contribution in [0.3, 0.4) is 0 Å². The van der Waals surface area contributed by atoms with Crippen molar-refractivity contribution < 1.29 is 34.4 Å². The predicted molar refractivity (Wildman–Crippen MR) is 61.8 cm³/mol. The number of ether oxygens (including phenoxy) is 2. The van der Waals surface area contributed by atoms with Gasteiger partial charge in [0.15, 0.2) is 17.9 Å². The number of aromatic amines is 1. The van der Waals surface area contributed by atoms with Crippen LogP contribution in [-0.2, 0) is 14.3 Å². The lowest BCUT2D eigenvalue weighted by molar-refractivity contribution is -0.153. The molecule has 1 aromatic heterocycles. The lowest BCUT2D eigenvalue weighted by atomic mass is 10.1. The second kappa shape index (κ2) is 5.57. The van der Waals surface area contributed by atoms with Gasteiger partial charge in [-0.3, -0.25) is 4.79 Å². The van der Waals surface area contributed by atoms with Crippen molar-refractivity contribution in [3.8, 4) is 0 Å². The van der Waals surface area contributed by atoms with Gasteiger partial charge in [0.25, 0.3) is 0 Å². The molecule has 0 spiro atoms. The second-order valence-electron chi connectivity index (χ2n) is 4.32. The number of carbonyl (C=O) groups is 2. The summed E-state index contributed by atoms with van der Waals surface area (Å²) in [4.78, 5) is 28.2. The average molecular weight is 286 g/mol. The molecule has 1 saturated heterocycles. The summed E-state index contributed by atoms with van der Waals surface area (Å²) in [5.41, 5.74) is -0.230. The average Bonchev–Trinajstić information content (AvgIpc) is 2.96. The second-order valence-corrected chi connectivity index (χ2v) is 4.32. The van der Waals surface area contributed by atoms with Crippen molar-refractivity contribution in [2.75, 3.05) is 6.61 Å². The van der Waals surface area contributed by atoms with E-state index in [1.807, 2.05) is 0 Å². The van der Waals surface area contributed by atoms with Crippen molar-refractivity contribution in [3.05, 3.63) is 17.7 Å². The number of aliphatic hydroxyl groups is 2. The smallest absolute Gasteiger partial charge is 0.356 e. The van der Waals surface area contributed by atoms with E-state index in [4.69, 9.17) is 19.7 Å². The lowest BCUT2D eigenvalue weighted by Crippen LogP contribution is -2.35. The van der Waals surface area contributed by atoms with E-state index in [0.717, 1.165) is 6.20 Å². The Hall–Kier alpha value is -1.97. The van der Waals surface area contributed by atoms with Gasteiger partial charge in [-0.15, -0.1) is 0 Å². The zero-order valence-electron chi connectivity index (χ0n) is 10.5. The van der Waals surface area contributed by atoms with Gasteiger partial charge in [0.1, 0.15) is 18.0 Å². The fourth-order valence-corrected chi connectivity index (χ4v) is 2.02. The van der Waals surface area contributed by atoms with Crippen LogP contribution in [0.15, 0.2) is 6.20 Å². The van der Waals surface area contributed by atoms with Gasteiger partial charge < -0.3 is 29.8 Å². The van der Waals surface area contributed by atoms with Crippen molar-refractivity contribution in [3.63, 3.8) is 0 Å². The van der Waals surface area contributed by atoms with Crippen LogP contribution in [0.1, 0.15) is 29.3 Å². The molecular formula is C11H14N2O7. The maximum atomic E-state index is 11.1. The first kappa shape index (κ1) is 14.4. The van der Waals surface area contributed by atoms with E-state index in [-0.39, 0.29) is 11.5 Å². The monoisotopic (exact) mass is 286 g/mol. The maximum Gasteiger partial charge on any atom is 0.356 e. The molecule has 0 aliphatic carbocycles. The van der Waals surface area contributed by atoms with Gasteiger partial charge in [0, 0.05) is 13.1 Å². The number of H-pyrrole nitrogens is 1. The predicted octanol–water partition coefficient (Wildman–Crippen LogP) is -1.17. The summed E-state index contributed by atoms with van der Waals surface area (Å²) < 4.78 is 10.3. The minimum absolute atomic E-state index is 0.101. The van der Waals surface area contributed by atoms with E-state index < -0.39 is 43.0 Å². The van der Waals surface area contributed by atoms with Crippen LogP contribution < -0.4 is 0 Å². The van der Waals surface area contributed by atoms with Crippen LogP contribution in [0.4, 0.5) is 0 Å². The molecule has 1 fully saturated rings. The van der Waals surface area contributed by atoms with Gasteiger partial charge in [-0.1, -0.05) is 0 Å². The third-order valence-electron chi connectivity index (χ3n) is 2.91. The van der Waals surface area contributed by atoms with Gasteiger partial charge in [0.2, 0.25) is 0 Å². The minimum atomic E-state index is -1.23. The zero-order chi connectivity index (χ0) is 14.9. The molecule has 2 heterocycles. The molecule has 0 radical (unpaired) electrons. The van der Waals surface area contributed by atoms with Crippen LogP contribution in [0.25, 0.3) is 0 Å². The van der Waals surface area contributed by atoms with E-state index in [0.29, 0.717) is 0 Å². The molecular weight excluding hydrogens is 272 g/mol. The first-order valence-electron chi connectivity index (χ1n) is 5.84. The maximum absolute atomic E-state index is 11.1. The SMILES string of the molecule is CC(=O)O[C@@H]1[C@H](O)[C@@H](CO)O[C@H]1c1nc(C(=O)O)c[nH]1. The molecule has 0 unspecified atom stereocenters. The van der Waals surface area contributed by atoms with Crippen LogP contribution in [-0.4, -0.2) is 62.1 Å². The van der Waals surface area contributed by atoms with E-state index in [9.17, 15) is 14.7 Å². The molecule has 0 aromatic carbocycles. The summed E-state index contributed by atoms with van der Waals surface area (Å²) in [6.45, 7) is 0.697. The van der Waals surface area contributed by atoms with Crippen LogP contribution in [0, 0.1) is 0 Å². The Labute approximate surface area is 113 Å². The van der Waals surface area contributed by atoms with E-state index >= 15 is 0 Å². The number of rotatable bonds is 4. The normalized spacial score (nSPS) is 29.4. The molecule has 1 aliphatic rings. The zero-order valence-corrected chi connectivity index (χ0v) is 10.5. The van der Waals surface area contributed by atoms with Crippen molar-refractivity contribution >= 4 is 11.9 Å². The highest BCUT2D eigenvalue weighted by atomic mass is 16.6. The highest BCUT2D eigenvalue weighted by molar-refractivity contribution is 5.85. The van der Waals surface area contributed by atoms with E-state index in [2.05, 4.69) is 9.97 Å². The Kier molecular flexibility index (Phi) is 4.02. The summed E-state index contributed by atoms with van der Waals surface area (Å²) >= 11 is 0. The number of nitrogens with one attached hydrogen (secondary N) is 1. The first-order chi connectivity index (χ1) is 9.43. The van der Waals surface area contributed by atoms with Gasteiger partial charge in [0.05, 0.1) is 6.61 Å². The summed E-state index contributed by atoms with van der Waals surface area (Å²) in [5, 5.41) is 27.8. The van der Waals surface area contributed by atoms with Gasteiger partial charge in [-0.25, -0.2) is 9.78 Å². The molecule has 9 heteroatoms. The lowest BCUT2D eigenvalue weighted by Gasteiger charge is -2.18. The van der Waals surface area contributed by atoms with Crippen LogP contribution in [0.5, 0.6) is 0 Å². The summed E-state index contributed by atoms with van der Waals surface area (Å²) in [6, 6.07) is 0. The third-order valence-corrected chi connectivity index (χ3v) is 2.91. The number of carboxylic acids is 1. The molecule has 110 valence electrons. The Morgan fingerprint density at radius 1 is 1.55 bits per heavy atom. The number of nitrogens with zero attached hydrogens (tertiary/aromatic N) is 1. The number of hydrogen-bond donors (Lipinski definition) is 4. The number of hydrogen-bond acceptors (Lipinski definition) is 7. The number of imidazole rings is 1. The van der Waals surface area contributed by atoms with Crippen LogP contribution in [0.2, 0.25) is 0 Å². The van der Waals surface area contributed by atoms with Gasteiger partial charge in [-0.2, -0.15) is 0 Å². The third kappa shape index (κ3) is 2.64. The van der Waals surface area contributed by atoms with E-state index in [1.165, 1.54) is 6.92 Å². The molecule has 1 aromatic rings. The molecule has 4 atom stereocenters. The summed E-state index contributed by atoms with van der Waals surface area (Å²) in [5.74, 6) is -1.76. The van der Waals surface area contributed by atoms with Crippen molar-refractivity contribution in [2.45, 2.75) is 31.3 Å². The molecule has 0 bridgehead atoms. The van der Waals surface area contributed by atoms with Crippen molar-refractivity contribution in [1.82, 2.24) is 9.97 Å². The highest BCUT2D eigenvalue weighted by Gasteiger charge is 2.47. The fourth-order valence-electron chi connectivity index (χ4n) is 2.02. The van der Waals surface area contributed by atoms with Crippen molar-refractivity contribution in [2.24, 2.45) is 0 Å². The number of esters is 1. The van der Waals surface area contributed by atoms with Gasteiger partial charge in [-0.05, 0) is 0 Å².